The number of hydrogen-bond donors (Lipinski definition) is 0. The second kappa shape index (κ2) is 4.81. The smallest absolute Gasteiger partial charge is 0.347 e. The van der Waals surface area contributed by atoms with Crippen LogP contribution in [0.1, 0.15) is 0 Å². The number of hydrogen-bond acceptors (Lipinski definition) is 4. The van der Waals surface area contributed by atoms with Gasteiger partial charge in [0.15, 0.2) is 0 Å². The van der Waals surface area contributed by atoms with E-state index in [1.54, 1.807) is 6.07 Å². The summed E-state index contributed by atoms with van der Waals surface area (Å²) >= 11 is 0. The van der Waals surface area contributed by atoms with Crippen LogP contribution in [0.3, 0.4) is 0 Å². The summed E-state index contributed by atoms with van der Waals surface area (Å²) in [4.78, 5) is 18.5. The number of rotatable bonds is 2. The van der Waals surface area contributed by atoms with E-state index in [-0.39, 0.29) is 5.63 Å². The minimum absolute atomic E-state index is 0.348. The van der Waals surface area contributed by atoms with Crippen molar-refractivity contribution in [2.75, 3.05) is 19.0 Å². The van der Waals surface area contributed by atoms with Crippen molar-refractivity contribution in [1.82, 2.24) is 4.98 Å². The standard InChI is InChI=1S/C16H14N2O2/c1-18(2)12-8-9-14-13(10-12)16(19)20-15(17-14)11-6-4-3-5-7-11/h3-10H,1-2H3. The number of anilines is 1. The molecule has 2 aromatic carbocycles. The first kappa shape index (κ1) is 12.4. The number of fused-ring (bicyclic) bond motifs is 1. The van der Waals surface area contributed by atoms with Crippen LogP contribution in [0, 0.1) is 0 Å². The van der Waals surface area contributed by atoms with Gasteiger partial charge in [-0.05, 0) is 30.3 Å². The molecule has 0 aliphatic rings. The summed E-state index contributed by atoms with van der Waals surface area (Å²) < 4.78 is 5.33. The Hall–Kier alpha value is -2.62. The summed E-state index contributed by atoms with van der Waals surface area (Å²) in [7, 11) is 3.85. The molecule has 20 heavy (non-hydrogen) atoms. The molecule has 0 N–H and O–H groups in total. The third-order valence-corrected chi connectivity index (χ3v) is 3.15. The Morgan fingerprint density at radius 1 is 1.05 bits per heavy atom. The Morgan fingerprint density at radius 3 is 2.50 bits per heavy atom. The predicted molar refractivity (Wildman–Crippen MR) is 80.0 cm³/mol. The molecule has 4 nitrogen and oxygen atoms in total. The van der Waals surface area contributed by atoms with Crippen LogP contribution in [0.2, 0.25) is 0 Å². The van der Waals surface area contributed by atoms with E-state index in [9.17, 15) is 4.79 Å². The van der Waals surface area contributed by atoms with Gasteiger partial charge in [-0.3, -0.25) is 0 Å². The van der Waals surface area contributed by atoms with Crippen molar-refractivity contribution >= 4 is 16.6 Å². The topological polar surface area (TPSA) is 46.3 Å². The van der Waals surface area contributed by atoms with Crippen LogP contribution in [0.5, 0.6) is 0 Å². The zero-order valence-electron chi connectivity index (χ0n) is 11.3. The summed E-state index contributed by atoms with van der Waals surface area (Å²) in [6.07, 6.45) is 0. The summed E-state index contributed by atoms with van der Waals surface area (Å²) in [6, 6.07) is 15.0. The van der Waals surface area contributed by atoms with Gasteiger partial charge in [0.05, 0.1) is 10.9 Å². The van der Waals surface area contributed by atoms with Crippen LogP contribution in [-0.2, 0) is 0 Å². The molecular weight excluding hydrogens is 252 g/mol. The highest BCUT2D eigenvalue weighted by atomic mass is 16.4. The predicted octanol–water partition coefficient (Wildman–Crippen LogP) is 2.92. The molecule has 0 atom stereocenters. The maximum Gasteiger partial charge on any atom is 0.347 e. The lowest BCUT2D eigenvalue weighted by molar-refractivity contribution is 0.518. The molecule has 0 unspecified atom stereocenters. The quantitative estimate of drug-likeness (QED) is 0.715. The van der Waals surface area contributed by atoms with E-state index in [2.05, 4.69) is 4.98 Å². The Kier molecular flexibility index (Phi) is 2.99. The van der Waals surface area contributed by atoms with E-state index in [4.69, 9.17) is 4.42 Å². The van der Waals surface area contributed by atoms with Crippen molar-refractivity contribution < 1.29 is 4.42 Å². The van der Waals surface area contributed by atoms with Gasteiger partial charge in [0.1, 0.15) is 0 Å². The Bertz CT molecular complexity index is 808. The zero-order chi connectivity index (χ0) is 14.1. The minimum Gasteiger partial charge on any atom is -0.403 e. The Morgan fingerprint density at radius 2 is 1.80 bits per heavy atom. The molecule has 0 amide bonds. The van der Waals surface area contributed by atoms with E-state index < -0.39 is 0 Å². The fraction of sp³-hybridized carbons (Fsp3) is 0.125. The third-order valence-electron chi connectivity index (χ3n) is 3.15. The van der Waals surface area contributed by atoms with Crippen LogP contribution >= 0.6 is 0 Å². The van der Waals surface area contributed by atoms with Gasteiger partial charge in [-0.1, -0.05) is 18.2 Å². The van der Waals surface area contributed by atoms with Gasteiger partial charge < -0.3 is 9.32 Å². The van der Waals surface area contributed by atoms with Gasteiger partial charge in [0, 0.05) is 25.3 Å². The van der Waals surface area contributed by atoms with E-state index in [1.165, 1.54) is 0 Å². The Balaban J connectivity index is 2.21. The van der Waals surface area contributed by atoms with E-state index in [1.807, 2.05) is 61.5 Å². The lowest BCUT2D eigenvalue weighted by Gasteiger charge is -2.12. The molecule has 3 aromatic rings. The molecular formula is C16H14N2O2. The maximum atomic E-state index is 12.1. The average Bonchev–Trinajstić information content (AvgIpc) is 2.47. The second-order valence-electron chi connectivity index (χ2n) is 4.77. The Labute approximate surface area is 116 Å². The third kappa shape index (κ3) is 2.16. The minimum atomic E-state index is -0.363. The molecule has 0 spiro atoms. The highest BCUT2D eigenvalue weighted by molar-refractivity contribution is 5.82. The van der Waals surface area contributed by atoms with Crippen molar-refractivity contribution in [2.45, 2.75) is 0 Å². The van der Waals surface area contributed by atoms with Crippen molar-refractivity contribution in [3.05, 3.63) is 59.0 Å². The van der Waals surface area contributed by atoms with Crippen LogP contribution in [0.4, 0.5) is 5.69 Å². The van der Waals surface area contributed by atoms with Crippen molar-refractivity contribution in [3.8, 4) is 11.5 Å². The number of nitrogens with zero attached hydrogens (tertiary/aromatic N) is 2. The largest absolute Gasteiger partial charge is 0.403 e. The molecule has 0 radical (unpaired) electrons. The average molecular weight is 266 g/mol. The molecule has 1 heterocycles. The number of aromatic nitrogens is 1. The van der Waals surface area contributed by atoms with Gasteiger partial charge >= 0.3 is 5.63 Å². The SMILES string of the molecule is CN(C)c1ccc2nc(-c3ccccc3)oc(=O)c2c1. The summed E-state index contributed by atoms with van der Waals surface area (Å²) in [5.41, 5.74) is 2.02. The van der Waals surface area contributed by atoms with Crippen LogP contribution in [-0.4, -0.2) is 19.1 Å². The van der Waals surface area contributed by atoms with Gasteiger partial charge in [-0.25, -0.2) is 9.78 Å². The zero-order valence-corrected chi connectivity index (χ0v) is 11.3. The molecule has 0 aliphatic carbocycles. The van der Waals surface area contributed by atoms with E-state index in [0.717, 1.165) is 11.3 Å². The van der Waals surface area contributed by atoms with Gasteiger partial charge in [-0.2, -0.15) is 0 Å². The van der Waals surface area contributed by atoms with Crippen LogP contribution < -0.4 is 10.5 Å². The lowest BCUT2D eigenvalue weighted by atomic mass is 10.2. The second-order valence-corrected chi connectivity index (χ2v) is 4.77. The molecule has 100 valence electrons. The summed E-state index contributed by atoms with van der Waals surface area (Å²) in [6.45, 7) is 0. The van der Waals surface area contributed by atoms with Crippen LogP contribution in [0.15, 0.2) is 57.7 Å². The molecule has 4 heteroatoms. The fourth-order valence-corrected chi connectivity index (χ4v) is 2.04. The highest BCUT2D eigenvalue weighted by Gasteiger charge is 2.09. The molecule has 3 rings (SSSR count). The molecule has 0 bridgehead atoms. The van der Waals surface area contributed by atoms with Gasteiger partial charge in [0.25, 0.3) is 0 Å². The molecule has 0 aliphatic heterocycles. The fourth-order valence-electron chi connectivity index (χ4n) is 2.04. The van der Waals surface area contributed by atoms with Gasteiger partial charge in [-0.15, -0.1) is 0 Å². The molecule has 1 aromatic heterocycles. The first-order valence-corrected chi connectivity index (χ1v) is 6.33. The van der Waals surface area contributed by atoms with Crippen molar-refractivity contribution in [2.24, 2.45) is 0 Å². The first-order valence-electron chi connectivity index (χ1n) is 6.33. The lowest BCUT2D eigenvalue weighted by Crippen LogP contribution is -2.10. The molecule has 0 saturated heterocycles. The molecule has 0 saturated carbocycles. The monoisotopic (exact) mass is 266 g/mol. The first-order chi connectivity index (χ1) is 9.65. The number of benzene rings is 2. The summed E-state index contributed by atoms with van der Waals surface area (Å²) in [5, 5.41) is 0.496. The normalized spacial score (nSPS) is 10.7. The maximum absolute atomic E-state index is 12.1. The van der Waals surface area contributed by atoms with Crippen molar-refractivity contribution in [3.63, 3.8) is 0 Å². The van der Waals surface area contributed by atoms with Gasteiger partial charge in [0.2, 0.25) is 5.89 Å². The van der Waals surface area contributed by atoms with Crippen LogP contribution in [0.25, 0.3) is 22.4 Å². The van der Waals surface area contributed by atoms with E-state index >= 15 is 0 Å². The highest BCUT2D eigenvalue weighted by Crippen LogP contribution is 2.21. The molecule has 0 fully saturated rings. The summed E-state index contributed by atoms with van der Waals surface area (Å²) in [5.74, 6) is 0.348. The van der Waals surface area contributed by atoms with E-state index in [0.29, 0.717) is 16.8 Å². The van der Waals surface area contributed by atoms with Crippen molar-refractivity contribution in [1.29, 1.82) is 0 Å².